The average Bonchev–Trinajstić information content (AvgIpc) is 2.67. The molecule has 1 saturated heterocycles. The van der Waals surface area contributed by atoms with E-state index in [4.69, 9.17) is 11.6 Å². The van der Waals surface area contributed by atoms with Crippen LogP contribution in [0.1, 0.15) is 15.9 Å². The first-order valence-electron chi connectivity index (χ1n) is 8.35. The first-order chi connectivity index (χ1) is 13.5. The lowest BCUT2D eigenvalue weighted by molar-refractivity contribution is -0.605. The van der Waals surface area contributed by atoms with E-state index >= 15 is 0 Å². The zero-order valence-electron chi connectivity index (χ0n) is 14.8. The highest BCUT2D eigenvalue weighted by atomic mass is 35.5. The number of hydrogen-bond acceptors (Lipinski definition) is 4. The Morgan fingerprint density at radius 3 is 2.21 bits per heavy atom. The largest absolute Gasteiger partial charge is 0.619 e. The minimum Gasteiger partial charge on any atom is -0.619 e. The number of sulfonamides is 1. The summed E-state index contributed by atoms with van der Waals surface area (Å²) < 4.78 is 66.0. The van der Waals surface area contributed by atoms with Gasteiger partial charge >= 0.3 is 6.18 Å². The molecule has 0 N–H and O–H groups in total. The molecule has 12 heteroatoms. The number of benzene rings is 1. The fourth-order valence-corrected chi connectivity index (χ4v) is 4.81. The number of alkyl halides is 3. The van der Waals surface area contributed by atoms with E-state index in [2.05, 4.69) is 0 Å². The molecule has 7 nitrogen and oxygen atoms in total. The number of halogens is 4. The number of amides is 1. The number of aromatic nitrogens is 1. The second-order valence-electron chi connectivity index (χ2n) is 6.29. The van der Waals surface area contributed by atoms with E-state index in [0.29, 0.717) is 16.9 Å². The molecular formula is C17H15ClF3N3O4S. The van der Waals surface area contributed by atoms with Gasteiger partial charge in [0.2, 0.25) is 10.0 Å². The van der Waals surface area contributed by atoms with Crippen molar-refractivity contribution in [3.63, 3.8) is 0 Å². The van der Waals surface area contributed by atoms with Gasteiger partial charge in [0, 0.05) is 38.3 Å². The van der Waals surface area contributed by atoms with Gasteiger partial charge in [-0.1, -0.05) is 11.6 Å². The molecule has 1 aromatic heterocycles. The minimum atomic E-state index is -4.71. The van der Waals surface area contributed by atoms with Crippen molar-refractivity contribution in [3.05, 3.63) is 64.1 Å². The molecule has 0 saturated carbocycles. The summed E-state index contributed by atoms with van der Waals surface area (Å²) in [5, 5.41) is 10.7. The van der Waals surface area contributed by atoms with E-state index in [1.807, 2.05) is 0 Å². The fourth-order valence-electron chi connectivity index (χ4n) is 2.89. The van der Waals surface area contributed by atoms with Crippen molar-refractivity contribution in [2.24, 2.45) is 0 Å². The van der Waals surface area contributed by atoms with Crippen LogP contribution in [0.2, 0.25) is 5.02 Å². The highest BCUT2D eigenvalue weighted by molar-refractivity contribution is 7.89. The minimum absolute atomic E-state index is 0.0426. The molecular weight excluding hydrogens is 435 g/mol. The molecule has 1 aromatic carbocycles. The third-order valence-corrected chi connectivity index (χ3v) is 6.83. The van der Waals surface area contributed by atoms with Gasteiger partial charge in [-0.15, -0.1) is 0 Å². The summed E-state index contributed by atoms with van der Waals surface area (Å²) in [6.45, 7) is -0.119. The molecule has 0 spiro atoms. The summed E-state index contributed by atoms with van der Waals surface area (Å²) in [7, 11) is -4.28. The molecule has 1 aliphatic rings. The Kier molecular flexibility index (Phi) is 5.74. The molecule has 1 fully saturated rings. The summed E-state index contributed by atoms with van der Waals surface area (Å²) in [6, 6.07) is 4.82. The highest BCUT2D eigenvalue weighted by Gasteiger charge is 2.36. The number of carbonyl (C=O) groups excluding carboxylic acids is 1. The molecule has 29 heavy (non-hydrogen) atoms. The van der Waals surface area contributed by atoms with Crippen LogP contribution in [0, 0.1) is 5.21 Å². The Bertz CT molecular complexity index is 1020. The van der Waals surface area contributed by atoms with Crippen LogP contribution < -0.4 is 4.73 Å². The number of nitrogens with zero attached hydrogens (tertiary/aromatic N) is 3. The SMILES string of the molecule is O=C(c1cc[n+]([O-])cc1)N1CCN(S(=O)(=O)c2cc(C(F)(F)F)ccc2Cl)CC1. The predicted molar refractivity (Wildman–Crippen MR) is 96.5 cm³/mol. The molecule has 1 amide bonds. The third-order valence-electron chi connectivity index (χ3n) is 4.45. The molecule has 0 aliphatic carbocycles. The van der Waals surface area contributed by atoms with Gasteiger partial charge in [-0.05, 0) is 18.2 Å². The number of carbonyl (C=O) groups is 1. The van der Waals surface area contributed by atoms with Crippen molar-refractivity contribution in [2.45, 2.75) is 11.1 Å². The lowest BCUT2D eigenvalue weighted by atomic mass is 10.2. The quantitative estimate of drug-likeness (QED) is 0.531. The fraction of sp³-hybridized carbons (Fsp3) is 0.294. The van der Waals surface area contributed by atoms with Crippen molar-refractivity contribution in [1.82, 2.24) is 9.21 Å². The van der Waals surface area contributed by atoms with Crippen LogP contribution >= 0.6 is 11.6 Å². The normalized spacial score (nSPS) is 16.1. The second-order valence-corrected chi connectivity index (χ2v) is 8.60. The van der Waals surface area contributed by atoms with Gasteiger partial charge in [0.05, 0.1) is 16.1 Å². The van der Waals surface area contributed by atoms with E-state index in [-0.39, 0.29) is 42.7 Å². The van der Waals surface area contributed by atoms with Crippen LogP contribution in [0.5, 0.6) is 0 Å². The van der Waals surface area contributed by atoms with Crippen molar-refractivity contribution >= 4 is 27.5 Å². The lowest BCUT2D eigenvalue weighted by Crippen LogP contribution is -2.50. The molecule has 156 valence electrons. The van der Waals surface area contributed by atoms with Gasteiger partial charge in [0.25, 0.3) is 5.91 Å². The molecule has 1 aliphatic heterocycles. The average molecular weight is 450 g/mol. The standard InChI is InChI=1S/C17H15ClF3N3O4S/c18-14-2-1-13(17(19,20)21)11-15(14)29(27,28)24-9-7-22(8-10-24)16(25)12-3-5-23(26)6-4-12/h1-6,11H,7-10H2. The van der Waals surface area contributed by atoms with Gasteiger partial charge in [-0.3, -0.25) is 4.79 Å². The van der Waals surface area contributed by atoms with Crippen LogP contribution in [0.4, 0.5) is 13.2 Å². The Hall–Kier alpha value is -2.37. The van der Waals surface area contributed by atoms with Crippen LogP contribution in [0.15, 0.2) is 47.6 Å². The Balaban J connectivity index is 1.76. The van der Waals surface area contributed by atoms with Crippen LogP contribution in [-0.4, -0.2) is 49.7 Å². The maximum atomic E-state index is 12.9. The first-order valence-corrected chi connectivity index (χ1v) is 10.2. The van der Waals surface area contributed by atoms with E-state index in [1.165, 1.54) is 29.4 Å². The highest BCUT2D eigenvalue weighted by Crippen LogP contribution is 2.34. The number of pyridine rings is 1. The molecule has 0 radical (unpaired) electrons. The van der Waals surface area contributed by atoms with Crippen molar-refractivity contribution in [1.29, 1.82) is 0 Å². The van der Waals surface area contributed by atoms with Gasteiger partial charge in [0.15, 0.2) is 12.4 Å². The maximum Gasteiger partial charge on any atom is 0.416 e. The zero-order chi connectivity index (χ0) is 21.4. The van der Waals surface area contributed by atoms with Crippen LogP contribution in [-0.2, 0) is 16.2 Å². The topological polar surface area (TPSA) is 84.6 Å². The maximum absolute atomic E-state index is 12.9. The first kappa shape index (κ1) is 21.3. The lowest BCUT2D eigenvalue weighted by Gasteiger charge is -2.34. The number of hydrogen-bond donors (Lipinski definition) is 0. The summed E-state index contributed by atoms with van der Waals surface area (Å²) >= 11 is 5.86. The van der Waals surface area contributed by atoms with E-state index < -0.39 is 26.7 Å². The third kappa shape index (κ3) is 4.46. The Morgan fingerprint density at radius 1 is 1.07 bits per heavy atom. The van der Waals surface area contributed by atoms with Crippen molar-refractivity contribution < 1.29 is 31.1 Å². The number of piperazine rings is 1. The molecule has 0 atom stereocenters. The molecule has 2 aromatic rings. The second kappa shape index (κ2) is 7.81. The molecule has 3 rings (SSSR count). The predicted octanol–water partition coefficient (Wildman–Crippen LogP) is 2.14. The monoisotopic (exact) mass is 449 g/mol. The van der Waals surface area contributed by atoms with E-state index in [1.54, 1.807) is 0 Å². The smallest absolute Gasteiger partial charge is 0.416 e. The Labute approximate surface area is 169 Å². The van der Waals surface area contributed by atoms with Gasteiger partial charge in [-0.2, -0.15) is 22.2 Å². The summed E-state index contributed by atoms with van der Waals surface area (Å²) in [5.74, 6) is -0.375. The summed E-state index contributed by atoms with van der Waals surface area (Å²) in [4.78, 5) is 13.2. The number of rotatable bonds is 3. The summed E-state index contributed by atoms with van der Waals surface area (Å²) in [6.07, 6.45) is -2.37. The molecule has 0 unspecified atom stereocenters. The van der Waals surface area contributed by atoms with Crippen molar-refractivity contribution in [2.75, 3.05) is 26.2 Å². The van der Waals surface area contributed by atoms with E-state index in [9.17, 15) is 31.6 Å². The van der Waals surface area contributed by atoms with E-state index in [0.717, 1.165) is 10.4 Å². The molecule has 0 bridgehead atoms. The Morgan fingerprint density at radius 2 is 1.66 bits per heavy atom. The van der Waals surface area contributed by atoms with Crippen LogP contribution in [0.25, 0.3) is 0 Å². The van der Waals surface area contributed by atoms with Gasteiger partial charge in [-0.25, -0.2) is 8.42 Å². The van der Waals surface area contributed by atoms with Crippen molar-refractivity contribution in [3.8, 4) is 0 Å². The zero-order valence-corrected chi connectivity index (χ0v) is 16.3. The molecule has 2 heterocycles. The summed E-state index contributed by atoms with van der Waals surface area (Å²) in [5.41, 5.74) is -0.844. The van der Waals surface area contributed by atoms with Gasteiger partial charge in [0.1, 0.15) is 4.90 Å². The van der Waals surface area contributed by atoms with Crippen LogP contribution in [0.3, 0.4) is 0 Å². The van der Waals surface area contributed by atoms with Gasteiger partial charge < -0.3 is 10.1 Å².